The average molecular weight is 577 g/mol. The summed E-state index contributed by atoms with van der Waals surface area (Å²) in [5.74, 6) is -2.27. The molecule has 0 bridgehead atoms. The third-order valence-electron chi connectivity index (χ3n) is 7.49. The maximum Gasteiger partial charge on any atom is 0.352 e. The smallest absolute Gasteiger partial charge is 0.352 e. The highest BCUT2D eigenvalue weighted by atomic mass is 32.2. The first-order valence-corrected chi connectivity index (χ1v) is 15.3. The Morgan fingerprint density at radius 2 is 1.74 bits per heavy atom. The lowest BCUT2D eigenvalue weighted by molar-refractivity contribution is -0.150. The van der Waals surface area contributed by atoms with E-state index in [-0.39, 0.29) is 22.2 Å². The predicted octanol–water partition coefficient (Wildman–Crippen LogP) is 3.07. The second-order valence-electron chi connectivity index (χ2n) is 10.1. The first-order chi connectivity index (χ1) is 18.8. The molecule has 6 N–H and O–H groups in total. The van der Waals surface area contributed by atoms with Crippen LogP contribution in [0.1, 0.15) is 69.9 Å². The normalized spacial score (nSPS) is 24.3. The van der Waals surface area contributed by atoms with Gasteiger partial charge in [0.25, 0.3) is 11.8 Å². The summed E-state index contributed by atoms with van der Waals surface area (Å²) in [6.45, 7) is 3.56. The fourth-order valence-electron chi connectivity index (χ4n) is 5.49. The number of hydrogen-bond donors (Lipinski definition) is 5. The Morgan fingerprint density at radius 3 is 2.23 bits per heavy atom. The van der Waals surface area contributed by atoms with Gasteiger partial charge in [-0.25, -0.2) is 9.78 Å². The summed E-state index contributed by atoms with van der Waals surface area (Å²) in [7, 11) is 0. The van der Waals surface area contributed by atoms with E-state index in [0.717, 1.165) is 28.3 Å². The Kier molecular flexibility index (Phi) is 10.0. The standard InChI is InChI=1S/C14H13N5O5S2.C12H23N/c1-2-5-3-25-12-8(11(21)19(12)9(5)13(22)23)17-10(20)7(18-24)6-4-26-14(15)16-6;1-3-7-11(8-4-1)13-12-9-5-2-6-10-12/h2,4,8,12,24H,1,3H2,(H2,15,16)(H,17,20)(H,22,23);11-13H,1-10H2/b18-7-;/t8-,12-;/m1./s1. The third kappa shape index (κ3) is 6.82. The summed E-state index contributed by atoms with van der Waals surface area (Å²) < 4.78 is 0. The molecule has 2 aliphatic heterocycles. The first kappa shape index (κ1) is 29.1. The van der Waals surface area contributed by atoms with E-state index in [2.05, 4.69) is 27.4 Å². The lowest BCUT2D eigenvalue weighted by Gasteiger charge is -2.49. The molecule has 11 nitrogen and oxygen atoms in total. The molecule has 2 amide bonds. The van der Waals surface area contributed by atoms with Gasteiger partial charge in [0.2, 0.25) is 0 Å². The van der Waals surface area contributed by atoms with E-state index >= 15 is 0 Å². The molecule has 13 heteroatoms. The fourth-order valence-corrected chi connectivity index (χ4v) is 7.38. The highest BCUT2D eigenvalue weighted by molar-refractivity contribution is 8.00. The lowest BCUT2D eigenvalue weighted by atomic mass is 9.91. The van der Waals surface area contributed by atoms with Crippen molar-refractivity contribution in [2.45, 2.75) is 87.7 Å². The van der Waals surface area contributed by atoms with Crippen LogP contribution in [0.5, 0.6) is 0 Å². The maximum absolute atomic E-state index is 12.4. The van der Waals surface area contributed by atoms with Crippen LogP contribution in [0.3, 0.4) is 0 Å². The number of carbonyl (C=O) groups is 3. The summed E-state index contributed by atoms with van der Waals surface area (Å²) in [6.07, 6.45) is 16.0. The Morgan fingerprint density at radius 1 is 1.13 bits per heavy atom. The van der Waals surface area contributed by atoms with Gasteiger partial charge >= 0.3 is 5.97 Å². The Labute approximate surface area is 236 Å². The minimum atomic E-state index is -1.24. The highest BCUT2D eigenvalue weighted by Crippen LogP contribution is 2.40. The maximum atomic E-state index is 12.4. The number of fused-ring (bicyclic) bond motifs is 1. The Balaban J connectivity index is 0.000000226. The number of anilines is 1. The van der Waals surface area contributed by atoms with Gasteiger partial charge in [0.1, 0.15) is 22.8 Å². The van der Waals surface area contributed by atoms with E-state index in [1.807, 2.05) is 0 Å². The van der Waals surface area contributed by atoms with Crippen molar-refractivity contribution in [3.63, 3.8) is 0 Å². The SMILES string of the molecule is C1CCC(NC2CCCCC2)CC1.C=CC1=C(C(=O)O)N2C(=O)[C@@H](NC(=O)/C(=N\O)c3csc(N)n3)[C@H]2SC1. The predicted molar refractivity (Wildman–Crippen MR) is 152 cm³/mol. The van der Waals surface area contributed by atoms with Gasteiger partial charge < -0.3 is 26.7 Å². The van der Waals surface area contributed by atoms with Crippen molar-refractivity contribution >= 4 is 51.7 Å². The Bertz CT molecular complexity index is 1120. The molecule has 39 heavy (non-hydrogen) atoms. The number of hydrogen-bond acceptors (Lipinski definition) is 10. The van der Waals surface area contributed by atoms with Gasteiger partial charge in [-0.15, -0.1) is 23.1 Å². The number of thiazole rings is 1. The number of carboxylic acid groups (broad SMARTS) is 1. The minimum absolute atomic E-state index is 0.0764. The van der Waals surface area contributed by atoms with E-state index in [4.69, 9.17) is 10.9 Å². The zero-order valence-electron chi connectivity index (χ0n) is 21.8. The zero-order chi connectivity index (χ0) is 27.9. The van der Waals surface area contributed by atoms with Crippen LogP contribution >= 0.6 is 23.1 Å². The zero-order valence-corrected chi connectivity index (χ0v) is 23.4. The quantitative estimate of drug-likeness (QED) is 0.142. The number of nitrogen functional groups attached to an aromatic ring is 1. The van der Waals surface area contributed by atoms with Gasteiger partial charge in [0, 0.05) is 23.2 Å². The van der Waals surface area contributed by atoms with E-state index in [0.29, 0.717) is 11.3 Å². The molecule has 0 spiro atoms. The van der Waals surface area contributed by atoms with Crippen LogP contribution < -0.4 is 16.4 Å². The summed E-state index contributed by atoms with van der Waals surface area (Å²) in [4.78, 5) is 41.2. The van der Waals surface area contributed by atoms with E-state index < -0.39 is 29.2 Å². The monoisotopic (exact) mass is 576 g/mol. The summed E-state index contributed by atoms with van der Waals surface area (Å²) in [6, 6.07) is 0.801. The van der Waals surface area contributed by atoms with Crippen LogP contribution in [-0.2, 0) is 14.4 Å². The molecule has 2 atom stereocenters. The molecule has 0 radical (unpaired) electrons. The Hall–Kier alpha value is -2.90. The van der Waals surface area contributed by atoms with Crippen molar-refractivity contribution in [1.29, 1.82) is 0 Å². The first-order valence-electron chi connectivity index (χ1n) is 13.4. The molecule has 3 heterocycles. The van der Waals surface area contributed by atoms with Crippen molar-refractivity contribution in [2.75, 3.05) is 11.5 Å². The van der Waals surface area contributed by atoms with Crippen LogP contribution in [-0.4, -0.2) is 72.9 Å². The van der Waals surface area contributed by atoms with Gasteiger partial charge in [0.15, 0.2) is 10.8 Å². The number of carbonyl (C=O) groups excluding carboxylic acids is 2. The minimum Gasteiger partial charge on any atom is -0.477 e. The van der Waals surface area contributed by atoms with Crippen molar-refractivity contribution in [3.05, 3.63) is 35.0 Å². The van der Waals surface area contributed by atoms with E-state index in [1.54, 1.807) is 0 Å². The second-order valence-corrected chi connectivity index (χ2v) is 12.1. The van der Waals surface area contributed by atoms with Crippen LogP contribution in [0, 0.1) is 0 Å². The molecule has 2 aliphatic carbocycles. The van der Waals surface area contributed by atoms with Gasteiger partial charge in [-0.05, 0) is 31.3 Å². The van der Waals surface area contributed by atoms with Crippen LogP contribution in [0.4, 0.5) is 5.13 Å². The van der Waals surface area contributed by atoms with Gasteiger partial charge in [-0.1, -0.05) is 56.3 Å². The number of carboxylic acids is 1. The molecule has 0 unspecified atom stereocenters. The van der Waals surface area contributed by atoms with Crippen LogP contribution in [0.25, 0.3) is 0 Å². The largest absolute Gasteiger partial charge is 0.477 e. The van der Waals surface area contributed by atoms with E-state index in [1.165, 1.54) is 87.4 Å². The third-order valence-corrected chi connectivity index (χ3v) is 9.47. The molecule has 0 aromatic carbocycles. The van der Waals surface area contributed by atoms with Crippen molar-refractivity contribution < 1.29 is 24.7 Å². The summed E-state index contributed by atoms with van der Waals surface area (Å²) >= 11 is 2.37. The molecule has 1 aromatic heterocycles. The summed E-state index contributed by atoms with van der Waals surface area (Å²) in [5, 5.41) is 28.8. The van der Waals surface area contributed by atoms with Gasteiger partial charge in [-0.2, -0.15) is 0 Å². The number of aliphatic carboxylic acids is 1. The number of nitrogens with zero attached hydrogens (tertiary/aromatic N) is 3. The number of aromatic nitrogens is 1. The number of amides is 2. The second kappa shape index (κ2) is 13.4. The van der Waals surface area contributed by atoms with Gasteiger partial charge in [-0.3, -0.25) is 14.5 Å². The average Bonchev–Trinajstić information content (AvgIpc) is 3.38. The molecular formula is C26H36N6O5S2. The highest BCUT2D eigenvalue weighted by Gasteiger charge is 2.54. The number of allylic oxidation sites excluding steroid dienone is 1. The van der Waals surface area contributed by atoms with Crippen molar-refractivity contribution in [1.82, 2.24) is 20.5 Å². The molecule has 1 aromatic rings. The molecule has 1 saturated heterocycles. The summed E-state index contributed by atoms with van der Waals surface area (Å²) in [5.41, 5.74) is 5.49. The number of rotatable bonds is 7. The number of β-lactam (4-membered cyclic amide) rings is 1. The number of oxime groups is 1. The number of nitrogens with two attached hydrogens (primary N) is 1. The lowest BCUT2D eigenvalue weighted by Crippen LogP contribution is -2.71. The topological polar surface area (TPSA) is 170 Å². The van der Waals surface area contributed by atoms with Crippen molar-refractivity contribution in [2.24, 2.45) is 5.16 Å². The molecule has 2 saturated carbocycles. The molecule has 212 valence electrons. The molecule has 4 aliphatic rings. The van der Waals surface area contributed by atoms with E-state index in [9.17, 15) is 19.5 Å². The molecule has 3 fully saturated rings. The van der Waals surface area contributed by atoms with Crippen LogP contribution in [0.15, 0.2) is 34.5 Å². The number of thioether (sulfide) groups is 1. The van der Waals surface area contributed by atoms with Crippen LogP contribution in [0.2, 0.25) is 0 Å². The molecule has 5 rings (SSSR count). The molecular weight excluding hydrogens is 540 g/mol. The number of nitrogens with one attached hydrogen (secondary N) is 2. The fraction of sp³-hybridized carbons (Fsp3) is 0.577. The van der Waals surface area contributed by atoms with Gasteiger partial charge in [0.05, 0.1) is 0 Å². The van der Waals surface area contributed by atoms with Crippen molar-refractivity contribution in [3.8, 4) is 0 Å².